The van der Waals surface area contributed by atoms with Gasteiger partial charge in [-0.2, -0.15) is 4.73 Å². The van der Waals surface area contributed by atoms with Crippen LogP contribution in [0.2, 0.25) is 0 Å². The van der Waals surface area contributed by atoms with E-state index < -0.39 is 17.6 Å². The Kier molecular flexibility index (Phi) is 2.05. The van der Waals surface area contributed by atoms with Crippen molar-refractivity contribution in [2.45, 2.75) is 0 Å². The van der Waals surface area contributed by atoms with E-state index >= 15 is 0 Å². The molecule has 0 radical (unpaired) electrons. The van der Waals surface area contributed by atoms with Crippen molar-refractivity contribution in [1.29, 1.82) is 0 Å². The third-order valence-corrected chi connectivity index (χ3v) is 2.30. The highest BCUT2D eigenvalue weighted by atomic mass is 16.5. The first kappa shape index (κ1) is 10.0. The number of carbonyl (C=O) groups is 2. The summed E-state index contributed by atoms with van der Waals surface area (Å²) in [7, 11) is 0. The first-order chi connectivity index (χ1) is 7.54. The molecule has 2 rings (SSSR count). The first-order valence-electron chi connectivity index (χ1n) is 4.40. The first-order valence-corrected chi connectivity index (χ1v) is 4.40. The minimum Gasteiger partial charge on any atom is -0.476 e. The van der Waals surface area contributed by atoms with E-state index in [1.54, 1.807) is 12.1 Å². The molecule has 0 spiro atoms. The van der Waals surface area contributed by atoms with Crippen molar-refractivity contribution in [2.24, 2.45) is 5.73 Å². The molecule has 6 nitrogen and oxygen atoms in total. The predicted octanol–water partition coefficient (Wildman–Crippen LogP) is 0.676. The number of hydrogen-bond donors (Lipinski definition) is 3. The number of benzene rings is 1. The number of para-hydroxylation sites is 1. The number of hydrogen-bond acceptors (Lipinski definition) is 3. The average Bonchev–Trinajstić information content (AvgIpc) is 2.53. The molecule has 0 aliphatic carbocycles. The van der Waals surface area contributed by atoms with Gasteiger partial charge in [0, 0.05) is 5.39 Å². The topological polar surface area (TPSA) is 106 Å². The zero-order chi connectivity index (χ0) is 11.9. The van der Waals surface area contributed by atoms with Crippen LogP contribution in [0.25, 0.3) is 10.9 Å². The maximum atomic E-state index is 11.2. The van der Waals surface area contributed by atoms with Gasteiger partial charge in [-0.25, -0.2) is 4.79 Å². The molecule has 0 aliphatic rings. The summed E-state index contributed by atoms with van der Waals surface area (Å²) >= 11 is 0. The Morgan fingerprint density at radius 2 is 1.88 bits per heavy atom. The van der Waals surface area contributed by atoms with Crippen LogP contribution >= 0.6 is 0 Å². The van der Waals surface area contributed by atoms with Gasteiger partial charge < -0.3 is 16.0 Å². The zero-order valence-electron chi connectivity index (χ0n) is 8.04. The monoisotopic (exact) mass is 220 g/mol. The van der Waals surface area contributed by atoms with Gasteiger partial charge in [-0.3, -0.25) is 4.79 Å². The fourth-order valence-electron chi connectivity index (χ4n) is 1.67. The molecule has 1 aromatic heterocycles. The van der Waals surface area contributed by atoms with Crippen molar-refractivity contribution in [3.63, 3.8) is 0 Å². The highest BCUT2D eigenvalue weighted by Gasteiger charge is 2.25. The van der Waals surface area contributed by atoms with Crippen molar-refractivity contribution in [1.82, 2.24) is 4.73 Å². The van der Waals surface area contributed by atoms with Crippen LogP contribution in [-0.4, -0.2) is 26.9 Å². The normalized spacial score (nSPS) is 10.5. The molecule has 0 bridgehead atoms. The van der Waals surface area contributed by atoms with E-state index in [9.17, 15) is 14.8 Å². The van der Waals surface area contributed by atoms with Crippen LogP contribution in [0.1, 0.15) is 20.8 Å². The predicted molar refractivity (Wildman–Crippen MR) is 54.6 cm³/mol. The Hall–Kier alpha value is -2.50. The van der Waals surface area contributed by atoms with Crippen LogP contribution in [0, 0.1) is 0 Å². The highest BCUT2D eigenvalue weighted by Crippen LogP contribution is 2.24. The number of aromatic nitrogens is 1. The van der Waals surface area contributed by atoms with Crippen molar-refractivity contribution >= 4 is 22.8 Å². The van der Waals surface area contributed by atoms with Crippen LogP contribution in [0.3, 0.4) is 0 Å². The summed E-state index contributed by atoms with van der Waals surface area (Å²) in [5, 5.41) is 18.8. The van der Waals surface area contributed by atoms with Gasteiger partial charge >= 0.3 is 5.97 Å². The largest absolute Gasteiger partial charge is 0.476 e. The highest BCUT2D eigenvalue weighted by molar-refractivity contribution is 6.13. The van der Waals surface area contributed by atoms with Crippen LogP contribution in [-0.2, 0) is 0 Å². The lowest BCUT2D eigenvalue weighted by atomic mass is 10.1. The lowest BCUT2D eigenvalue weighted by Crippen LogP contribution is -2.17. The summed E-state index contributed by atoms with van der Waals surface area (Å²) in [6, 6.07) is 6.26. The summed E-state index contributed by atoms with van der Waals surface area (Å²) in [5.41, 5.74) is 4.63. The lowest BCUT2D eigenvalue weighted by Gasteiger charge is -1.97. The molecule has 0 atom stereocenters. The summed E-state index contributed by atoms with van der Waals surface area (Å²) in [6.07, 6.45) is 0. The molecule has 82 valence electrons. The number of nitrogens with zero attached hydrogens (tertiary/aromatic N) is 1. The van der Waals surface area contributed by atoms with Gasteiger partial charge in [-0.05, 0) is 6.07 Å². The summed E-state index contributed by atoms with van der Waals surface area (Å²) in [6.45, 7) is 0. The molecule has 2 aromatic rings. The van der Waals surface area contributed by atoms with Crippen molar-refractivity contribution in [3.8, 4) is 0 Å². The van der Waals surface area contributed by atoms with Crippen LogP contribution in [0.4, 0.5) is 0 Å². The van der Waals surface area contributed by atoms with Gasteiger partial charge in [0.25, 0.3) is 5.91 Å². The average molecular weight is 220 g/mol. The molecule has 1 amide bonds. The second-order valence-electron chi connectivity index (χ2n) is 3.22. The van der Waals surface area contributed by atoms with Gasteiger partial charge in [0.1, 0.15) is 0 Å². The number of carbonyl (C=O) groups excluding carboxylic acids is 1. The Bertz CT molecular complexity index is 600. The molecule has 16 heavy (non-hydrogen) atoms. The van der Waals surface area contributed by atoms with Crippen LogP contribution in [0.5, 0.6) is 0 Å². The van der Waals surface area contributed by atoms with Crippen molar-refractivity contribution in [2.75, 3.05) is 0 Å². The molecular formula is C10H8N2O4. The maximum Gasteiger partial charge on any atom is 0.356 e. The molecule has 0 aliphatic heterocycles. The third-order valence-electron chi connectivity index (χ3n) is 2.30. The number of fused-ring (bicyclic) bond motifs is 1. The Balaban J connectivity index is 2.97. The molecule has 0 unspecified atom stereocenters. The van der Waals surface area contributed by atoms with Crippen molar-refractivity contribution in [3.05, 3.63) is 35.5 Å². The number of carboxylic acid groups (broad SMARTS) is 1. The van der Waals surface area contributed by atoms with E-state index in [0.717, 1.165) is 0 Å². The Morgan fingerprint density at radius 1 is 1.25 bits per heavy atom. The molecule has 1 aromatic carbocycles. The third kappa shape index (κ3) is 1.20. The van der Waals surface area contributed by atoms with E-state index in [-0.39, 0.29) is 11.1 Å². The molecule has 0 saturated heterocycles. The number of amides is 1. The number of rotatable bonds is 2. The lowest BCUT2D eigenvalue weighted by molar-refractivity contribution is 0.0643. The minimum absolute atomic E-state index is 0.189. The van der Waals surface area contributed by atoms with Gasteiger partial charge in [-0.15, -0.1) is 0 Å². The smallest absolute Gasteiger partial charge is 0.356 e. The standard InChI is InChI=1S/C10H8N2O4/c11-9(13)7-5-3-1-2-4-6(5)12(16)8(7)10(14)15/h1-4,16H,(H2,11,13)(H,14,15). The van der Waals surface area contributed by atoms with Gasteiger partial charge in [0.05, 0.1) is 11.1 Å². The SMILES string of the molecule is NC(=O)c1c(C(=O)O)n(O)c2ccccc12. The molecule has 0 saturated carbocycles. The molecular weight excluding hydrogens is 212 g/mol. The van der Waals surface area contributed by atoms with Crippen LogP contribution < -0.4 is 5.73 Å². The van der Waals surface area contributed by atoms with E-state index in [1.807, 2.05) is 0 Å². The second kappa shape index (κ2) is 3.27. The second-order valence-corrected chi connectivity index (χ2v) is 3.22. The number of aromatic carboxylic acids is 1. The maximum absolute atomic E-state index is 11.2. The molecule has 1 heterocycles. The Labute approximate surface area is 89.5 Å². The summed E-state index contributed by atoms with van der Waals surface area (Å²) < 4.78 is 0.456. The van der Waals surface area contributed by atoms with E-state index in [1.165, 1.54) is 12.1 Å². The van der Waals surface area contributed by atoms with E-state index in [4.69, 9.17) is 10.8 Å². The zero-order valence-corrected chi connectivity index (χ0v) is 8.04. The Morgan fingerprint density at radius 3 is 2.44 bits per heavy atom. The van der Waals surface area contributed by atoms with Gasteiger partial charge in [0.15, 0.2) is 5.69 Å². The summed E-state index contributed by atoms with van der Waals surface area (Å²) in [5.74, 6) is -2.30. The summed E-state index contributed by atoms with van der Waals surface area (Å²) in [4.78, 5) is 22.1. The fraction of sp³-hybridized carbons (Fsp3) is 0. The molecule has 6 heteroatoms. The number of primary amides is 1. The van der Waals surface area contributed by atoms with Gasteiger partial charge in [-0.1, -0.05) is 18.2 Å². The van der Waals surface area contributed by atoms with Crippen molar-refractivity contribution < 1.29 is 19.9 Å². The minimum atomic E-state index is -1.41. The van der Waals surface area contributed by atoms with E-state index in [0.29, 0.717) is 10.1 Å². The number of carboxylic acids is 1. The molecule has 4 N–H and O–H groups in total. The van der Waals surface area contributed by atoms with Gasteiger partial charge in [0.2, 0.25) is 0 Å². The van der Waals surface area contributed by atoms with E-state index in [2.05, 4.69) is 0 Å². The molecule has 0 fully saturated rings. The van der Waals surface area contributed by atoms with Crippen LogP contribution in [0.15, 0.2) is 24.3 Å². The quantitative estimate of drug-likeness (QED) is 0.647. The number of nitrogens with two attached hydrogens (primary N) is 1. The fourth-order valence-corrected chi connectivity index (χ4v) is 1.67.